The number of hydrogen-bond donors (Lipinski definition) is 1. The van der Waals surface area contributed by atoms with Crippen molar-refractivity contribution in [2.45, 2.75) is 25.8 Å². The molecule has 1 amide bonds. The Bertz CT molecular complexity index is 673. The molecule has 1 atom stereocenters. The Morgan fingerprint density at radius 1 is 1.22 bits per heavy atom. The maximum absolute atomic E-state index is 12.5. The van der Waals surface area contributed by atoms with Crippen LogP contribution in [0.4, 0.5) is 0 Å². The Labute approximate surface area is 138 Å². The summed E-state index contributed by atoms with van der Waals surface area (Å²) in [6.07, 6.45) is 1.42. The SMILES string of the molecule is Cc1ccccc1C1C(=O)NCCN1CC1CCS(=O)(=O)CC1. The van der Waals surface area contributed by atoms with Crippen LogP contribution >= 0.6 is 0 Å². The molecule has 0 spiro atoms. The number of carbonyl (C=O) groups is 1. The van der Waals surface area contributed by atoms with Crippen LogP contribution in [-0.2, 0) is 14.6 Å². The van der Waals surface area contributed by atoms with Crippen molar-refractivity contribution in [3.05, 3.63) is 35.4 Å². The van der Waals surface area contributed by atoms with E-state index in [-0.39, 0.29) is 23.5 Å². The first kappa shape index (κ1) is 16.5. The first-order chi connectivity index (χ1) is 11.0. The maximum Gasteiger partial charge on any atom is 0.242 e. The van der Waals surface area contributed by atoms with E-state index in [0.717, 1.165) is 24.2 Å². The molecule has 0 saturated carbocycles. The molecule has 2 heterocycles. The van der Waals surface area contributed by atoms with Gasteiger partial charge in [-0.25, -0.2) is 8.42 Å². The quantitative estimate of drug-likeness (QED) is 0.903. The lowest BCUT2D eigenvalue weighted by Gasteiger charge is -2.38. The van der Waals surface area contributed by atoms with Crippen LogP contribution in [0, 0.1) is 12.8 Å². The zero-order valence-corrected chi connectivity index (χ0v) is 14.3. The van der Waals surface area contributed by atoms with Gasteiger partial charge in [-0.3, -0.25) is 9.69 Å². The van der Waals surface area contributed by atoms with E-state index in [1.807, 2.05) is 31.2 Å². The topological polar surface area (TPSA) is 66.5 Å². The largest absolute Gasteiger partial charge is 0.353 e. The molecule has 2 aliphatic heterocycles. The van der Waals surface area contributed by atoms with Gasteiger partial charge >= 0.3 is 0 Å². The average molecular weight is 336 g/mol. The third-order valence-electron chi connectivity index (χ3n) is 4.96. The van der Waals surface area contributed by atoms with Crippen molar-refractivity contribution in [3.63, 3.8) is 0 Å². The van der Waals surface area contributed by atoms with Crippen molar-refractivity contribution >= 4 is 15.7 Å². The molecule has 0 aliphatic carbocycles. The normalized spacial score (nSPS) is 26.0. The second kappa shape index (κ2) is 6.61. The molecule has 1 aromatic rings. The van der Waals surface area contributed by atoms with Crippen molar-refractivity contribution in [1.82, 2.24) is 10.2 Å². The third kappa shape index (κ3) is 3.75. The number of amides is 1. The van der Waals surface area contributed by atoms with Crippen LogP contribution in [-0.4, -0.2) is 50.4 Å². The molecule has 2 aliphatic rings. The van der Waals surface area contributed by atoms with Gasteiger partial charge in [0.25, 0.3) is 0 Å². The van der Waals surface area contributed by atoms with Crippen LogP contribution in [0.3, 0.4) is 0 Å². The summed E-state index contributed by atoms with van der Waals surface area (Å²) in [6.45, 7) is 4.30. The molecule has 6 heteroatoms. The molecule has 1 N–H and O–H groups in total. The van der Waals surface area contributed by atoms with E-state index < -0.39 is 9.84 Å². The van der Waals surface area contributed by atoms with Crippen molar-refractivity contribution in [2.24, 2.45) is 5.92 Å². The Morgan fingerprint density at radius 3 is 2.61 bits per heavy atom. The van der Waals surface area contributed by atoms with Gasteiger partial charge in [0.1, 0.15) is 15.9 Å². The highest BCUT2D eigenvalue weighted by Crippen LogP contribution is 2.29. The number of hydrogen-bond acceptors (Lipinski definition) is 4. The van der Waals surface area contributed by atoms with Gasteiger partial charge in [-0.15, -0.1) is 0 Å². The van der Waals surface area contributed by atoms with Crippen LogP contribution in [0.25, 0.3) is 0 Å². The predicted octanol–water partition coefficient (Wildman–Crippen LogP) is 1.29. The fourth-order valence-corrected chi connectivity index (χ4v) is 5.18. The van der Waals surface area contributed by atoms with Crippen molar-refractivity contribution in [1.29, 1.82) is 0 Å². The molecule has 0 bridgehead atoms. The number of carbonyl (C=O) groups excluding carboxylic acids is 1. The lowest BCUT2D eigenvalue weighted by Crippen LogP contribution is -2.51. The summed E-state index contributed by atoms with van der Waals surface area (Å²) in [5.74, 6) is 0.976. The molecule has 126 valence electrons. The van der Waals surface area contributed by atoms with E-state index in [2.05, 4.69) is 10.2 Å². The Balaban J connectivity index is 1.76. The van der Waals surface area contributed by atoms with Crippen molar-refractivity contribution < 1.29 is 13.2 Å². The van der Waals surface area contributed by atoms with Gasteiger partial charge in [-0.05, 0) is 36.8 Å². The highest BCUT2D eigenvalue weighted by Gasteiger charge is 2.34. The fourth-order valence-electron chi connectivity index (χ4n) is 3.60. The van der Waals surface area contributed by atoms with E-state index in [1.54, 1.807) is 0 Å². The zero-order chi connectivity index (χ0) is 16.4. The molecular weight excluding hydrogens is 312 g/mol. The lowest BCUT2D eigenvalue weighted by molar-refractivity contribution is -0.129. The highest BCUT2D eigenvalue weighted by molar-refractivity contribution is 7.91. The summed E-state index contributed by atoms with van der Waals surface area (Å²) in [7, 11) is -2.84. The molecule has 0 aromatic heterocycles. The predicted molar refractivity (Wildman–Crippen MR) is 89.9 cm³/mol. The minimum Gasteiger partial charge on any atom is -0.353 e. The van der Waals surface area contributed by atoms with Gasteiger partial charge in [0.2, 0.25) is 5.91 Å². The zero-order valence-electron chi connectivity index (χ0n) is 13.5. The smallest absolute Gasteiger partial charge is 0.242 e. The summed E-state index contributed by atoms with van der Waals surface area (Å²) in [4.78, 5) is 14.7. The maximum atomic E-state index is 12.5. The molecule has 2 saturated heterocycles. The second-order valence-electron chi connectivity index (χ2n) is 6.64. The molecule has 3 rings (SSSR count). The number of benzene rings is 1. The number of nitrogens with one attached hydrogen (secondary N) is 1. The lowest BCUT2D eigenvalue weighted by atomic mass is 9.95. The van der Waals surface area contributed by atoms with Crippen LogP contribution in [0.15, 0.2) is 24.3 Å². The Kier molecular flexibility index (Phi) is 4.73. The molecule has 2 fully saturated rings. The van der Waals surface area contributed by atoms with E-state index in [9.17, 15) is 13.2 Å². The van der Waals surface area contributed by atoms with Gasteiger partial charge in [0.15, 0.2) is 0 Å². The number of sulfone groups is 1. The van der Waals surface area contributed by atoms with Crippen LogP contribution in [0.2, 0.25) is 0 Å². The van der Waals surface area contributed by atoms with Gasteiger partial charge < -0.3 is 5.32 Å². The summed E-state index contributed by atoms with van der Waals surface area (Å²) in [6, 6.07) is 7.74. The Hall–Kier alpha value is -1.40. The first-order valence-corrected chi connectivity index (χ1v) is 10.1. The fraction of sp³-hybridized carbons (Fsp3) is 0.588. The van der Waals surface area contributed by atoms with Crippen LogP contribution in [0.5, 0.6) is 0 Å². The van der Waals surface area contributed by atoms with E-state index in [0.29, 0.717) is 25.3 Å². The van der Waals surface area contributed by atoms with E-state index in [1.165, 1.54) is 0 Å². The van der Waals surface area contributed by atoms with Crippen molar-refractivity contribution in [2.75, 3.05) is 31.1 Å². The minimum absolute atomic E-state index is 0.0500. The summed E-state index contributed by atoms with van der Waals surface area (Å²) < 4.78 is 23.2. The Morgan fingerprint density at radius 2 is 1.91 bits per heavy atom. The molecule has 5 nitrogen and oxygen atoms in total. The van der Waals surface area contributed by atoms with Crippen LogP contribution < -0.4 is 5.32 Å². The van der Waals surface area contributed by atoms with Gasteiger partial charge in [0.05, 0.1) is 11.5 Å². The van der Waals surface area contributed by atoms with Crippen molar-refractivity contribution in [3.8, 4) is 0 Å². The minimum atomic E-state index is -2.84. The average Bonchev–Trinajstić information content (AvgIpc) is 2.51. The monoisotopic (exact) mass is 336 g/mol. The molecule has 0 radical (unpaired) electrons. The number of piperazine rings is 1. The number of rotatable bonds is 3. The molecular formula is C17H24N2O3S. The summed E-state index contributed by atoms with van der Waals surface area (Å²) in [5.41, 5.74) is 2.17. The molecule has 23 heavy (non-hydrogen) atoms. The summed E-state index contributed by atoms with van der Waals surface area (Å²) >= 11 is 0. The third-order valence-corrected chi connectivity index (χ3v) is 6.68. The first-order valence-electron chi connectivity index (χ1n) is 8.24. The van der Waals surface area contributed by atoms with Gasteiger partial charge in [0, 0.05) is 19.6 Å². The standard InChI is InChI=1S/C17H24N2O3S/c1-13-4-2-3-5-15(13)16-17(20)18-8-9-19(16)12-14-6-10-23(21,22)11-7-14/h2-5,14,16H,6-12H2,1H3,(H,18,20). The van der Waals surface area contributed by atoms with Crippen LogP contribution in [0.1, 0.15) is 30.0 Å². The van der Waals surface area contributed by atoms with E-state index in [4.69, 9.17) is 0 Å². The highest BCUT2D eigenvalue weighted by atomic mass is 32.2. The summed E-state index contributed by atoms with van der Waals surface area (Å²) in [5, 5.41) is 2.96. The molecule has 1 unspecified atom stereocenters. The van der Waals surface area contributed by atoms with Gasteiger partial charge in [-0.1, -0.05) is 24.3 Å². The number of aryl methyl sites for hydroxylation is 1. The van der Waals surface area contributed by atoms with E-state index >= 15 is 0 Å². The number of nitrogens with zero attached hydrogens (tertiary/aromatic N) is 1. The molecule has 1 aromatic carbocycles. The second-order valence-corrected chi connectivity index (χ2v) is 8.94. The van der Waals surface area contributed by atoms with Gasteiger partial charge in [-0.2, -0.15) is 0 Å².